The molecular formula is C8H15Cl3N2O2. The van der Waals surface area contributed by atoms with Gasteiger partial charge >= 0.3 is 5.97 Å². The predicted molar refractivity (Wildman–Crippen MR) is 62.1 cm³/mol. The molecule has 1 atom stereocenters. The van der Waals surface area contributed by atoms with Crippen molar-refractivity contribution < 1.29 is 9.53 Å². The van der Waals surface area contributed by atoms with Crippen LogP contribution in [0.5, 0.6) is 0 Å². The van der Waals surface area contributed by atoms with E-state index in [9.17, 15) is 4.79 Å². The van der Waals surface area contributed by atoms with Gasteiger partial charge in [-0.3, -0.25) is 0 Å². The highest BCUT2D eigenvalue weighted by Crippen LogP contribution is 2.40. The number of carbonyl (C=O) groups excluding carboxylic acids is 1. The lowest BCUT2D eigenvalue weighted by molar-refractivity contribution is -0.149. The summed E-state index contributed by atoms with van der Waals surface area (Å²) in [6, 6.07) is 0. The van der Waals surface area contributed by atoms with Gasteiger partial charge in [0, 0.05) is 0 Å². The number of esters is 1. The smallest absolute Gasteiger partial charge is 0.330 e. The fraction of sp³-hybridized carbons (Fsp3) is 0.875. The molecule has 0 bridgehead atoms. The lowest BCUT2D eigenvalue weighted by Gasteiger charge is -2.33. The van der Waals surface area contributed by atoms with Gasteiger partial charge in [0.2, 0.25) is 3.79 Å². The van der Waals surface area contributed by atoms with Gasteiger partial charge < -0.3 is 16.2 Å². The Kier molecular flexibility index (Phi) is 6.21. The van der Waals surface area contributed by atoms with Crippen molar-refractivity contribution in [1.29, 1.82) is 0 Å². The Balaban J connectivity index is 4.77. The average molecular weight is 278 g/mol. The Morgan fingerprint density at radius 1 is 1.40 bits per heavy atom. The molecule has 0 fully saturated rings. The summed E-state index contributed by atoms with van der Waals surface area (Å²) in [7, 11) is 0. The zero-order chi connectivity index (χ0) is 12.1. The van der Waals surface area contributed by atoms with E-state index in [2.05, 4.69) is 0 Å². The third-order valence-corrected chi connectivity index (χ3v) is 2.93. The summed E-state index contributed by atoms with van der Waals surface area (Å²) in [5.41, 5.74) is 9.44. The van der Waals surface area contributed by atoms with E-state index in [1.54, 1.807) is 6.92 Å². The maximum Gasteiger partial charge on any atom is 0.330 e. The molecule has 0 aliphatic heterocycles. The van der Waals surface area contributed by atoms with Crippen molar-refractivity contribution in [2.24, 2.45) is 11.5 Å². The van der Waals surface area contributed by atoms with Gasteiger partial charge in [-0.25, -0.2) is 4.79 Å². The molecule has 90 valence electrons. The van der Waals surface area contributed by atoms with Crippen LogP contribution in [0.15, 0.2) is 0 Å². The molecule has 0 saturated carbocycles. The van der Waals surface area contributed by atoms with Gasteiger partial charge in [0.25, 0.3) is 0 Å². The van der Waals surface area contributed by atoms with E-state index in [0.29, 0.717) is 13.0 Å². The van der Waals surface area contributed by atoms with E-state index >= 15 is 0 Å². The third-order valence-electron chi connectivity index (χ3n) is 1.92. The summed E-state index contributed by atoms with van der Waals surface area (Å²) in [5, 5.41) is 0. The zero-order valence-corrected chi connectivity index (χ0v) is 10.7. The Bertz CT molecular complexity index is 220. The fourth-order valence-electron chi connectivity index (χ4n) is 1.00. The Morgan fingerprint density at radius 3 is 2.27 bits per heavy atom. The molecule has 4 nitrogen and oxygen atoms in total. The van der Waals surface area contributed by atoms with Crippen molar-refractivity contribution in [1.82, 2.24) is 0 Å². The van der Waals surface area contributed by atoms with E-state index in [4.69, 9.17) is 51.0 Å². The van der Waals surface area contributed by atoms with Crippen LogP contribution in [0.1, 0.15) is 19.8 Å². The van der Waals surface area contributed by atoms with E-state index in [1.807, 2.05) is 0 Å². The summed E-state index contributed by atoms with van der Waals surface area (Å²) in [6.45, 7) is 2.19. The second-order valence-electron chi connectivity index (χ2n) is 3.08. The maximum absolute atomic E-state index is 11.6. The predicted octanol–water partition coefficient (Wildman–Crippen LogP) is 1.36. The van der Waals surface area contributed by atoms with E-state index < -0.39 is 15.3 Å². The summed E-state index contributed by atoms with van der Waals surface area (Å²) in [6.07, 6.45) is 0.641. The van der Waals surface area contributed by atoms with Crippen molar-refractivity contribution in [2.45, 2.75) is 29.1 Å². The molecule has 15 heavy (non-hydrogen) atoms. The normalized spacial score (nSPS) is 15.9. The number of nitrogens with two attached hydrogens (primary N) is 2. The van der Waals surface area contributed by atoms with Gasteiger partial charge in [0.1, 0.15) is 0 Å². The summed E-state index contributed by atoms with van der Waals surface area (Å²) < 4.78 is 2.86. The highest BCUT2D eigenvalue weighted by Gasteiger charge is 2.52. The van der Waals surface area contributed by atoms with Crippen molar-refractivity contribution >= 4 is 40.8 Å². The van der Waals surface area contributed by atoms with Crippen molar-refractivity contribution in [3.63, 3.8) is 0 Å². The lowest BCUT2D eigenvalue weighted by atomic mass is 9.96. The van der Waals surface area contributed by atoms with Gasteiger partial charge in [-0.2, -0.15) is 0 Å². The van der Waals surface area contributed by atoms with Crippen LogP contribution in [-0.2, 0) is 9.53 Å². The fourth-order valence-corrected chi connectivity index (χ4v) is 1.52. The molecule has 0 unspecified atom stereocenters. The molecular weight excluding hydrogens is 262 g/mol. The Morgan fingerprint density at radius 2 is 1.93 bits per heavy atom. The minimum Gasteiger partial charge on any atom is -0.464 e. The van der Waals surface area contributed by atoms with E-state index in [0.717, 1.165) is 0 Å². The Hall–Kier alpha value is 0.260. The van der Waals surface area contributed by atoms with Crippen LogP contribution in [0.4, 0.5) is 0 Å². The minimum absolute atomic E-state index is 0.166. The van der Waals surface area contributed by atoms with Crippen LogP contribution in [0.2, 0.25) is 0 Å². The molecule has 0 radical (unpaired) electrons. The molecule has 0 aromatic heterocycles. The lowest BCUT2D eigenvalue weighted by Crippen LogP contribution is -2.59. The number of carbonyl (C=O) groups is 1. The highest BCUT2D eigenvalue weighted by molar-refractivity contribution is 6.69. The summed E-state index contributed by atoms with van der Waals surface area (Å²) >= 11 is 17.0. The van der Waals surface area contributed by atoms with E-state index in [-0.39, 0.29) is 13.0 Å². The highest BCUT2D eigenvalue weighted by atomic mass is 35.6. The standard InChI is InChI=1S/C8H15Cl3N2O2/c1-2-15-6(14)7(13,4-3-5-12)8(9,10)11/h2-5,12-13H2,1H3/t7-/m0/s1. The molecule has 4 N–H and O–H groups in total. The Labute approximate surface area is 104 Å². The first-order valence-corrected chi connectivity index (χ1v) is 5.66. The molecule has 0 rings (SSSR count). The van der Waals surface area contributed by atoms with Crippen molar-refractivity contribution in [3.8, 4) is 0 Å². The SMILES string of the molecule is CCOC(=O)[C@@](N)(CCCN)C(Cl)(Cl)Cl. The molecule has 7 heteroatoms. The maximum atomic E-state index is 11.6. The molecule has 0 aromatic rings. The molecule has 0 spiro atoms. The van der Waals surface area contributed by atoms with Crippen LogP contribution in [-0.4, -0.2) is 28.5 Å². The van der Waals surface area contributed by atoms with Crippen LogP contribution < -0.4 is 11.5 Å². The van der Waals surface area contributed by atoms with Crippen molar-refractivity contribution in [3.05, 3.63) is 0 Å². The van der Waals surface area contributed by atoms with Crippen LogP contribution >= 0.6 is 34.8 Å². The largest absolute Gasteiger partial charge is 0.464 e. The van der Waals surface area contributed by atoms with Gasteiger partial charge in [-0.15, -0.1) is 0 Å². The molecule has 0 aromatic carbocycles. The van der Waals surface area contributed by atoms with Crippen LogP contribution in [0.25, 0.3) is 0 Å². The van der Waals surface area contributed by atoms with Crippen molar-refractivity contribution in [2.75, 3.05) is 13.2 Å². The van der Waals surface area contributed by atoms with Gasteiger partial charge in [-0.05, 0) is 26.3 Å². The van der Waals surface area contributed by atoms with E-state index in [1.165, 1.54) is 0 Å². The monoisotopic (exact) mass is 276 g/mol. The van der Waals surface area contributed by atoms with Gasteiger partial charge in [0.05, 0.1) is 6.61 Å². The number of halogens is 3. The second-order valence-corrected chi connectivity index (χ2v) is 5.36. The molecule has 0 amide bonds. The third kappa shape index (κ3) is 3.96. The van der Waals surface area contributed by atoms with Gasteiger partial charge in [-0.1, -0.05) is 34.8 Å². The minimum atomic E-state index is -1.91. The first kappa shape index (κ1) is 15.3. The molecule has 0 aliphatic rings. The summed E-state index contributed by atoms with van der Waals surface area (Å²) in [5.74, 6) is -0.724. The van der Waals surface area contributed by atoms with Crippen LogP contribution in [0.3, 0.4) is 0 Å². The quantitative estimate of drug-likeness (QED) is 0.587. The first-order chi connectivity index (χ1) is 6.79. The number of alkyl halides is 3. The number of ether oxygens (including phenoxy) is 1. The number of hydrogen-bond acceptors (Lipinski definition) is 4. The number of hydrogen-bond donors (Lipinski definition) is 2. The average Bonchev–Trinajstić information content (AvgIpc) is 2.12. The summed E-state index contributed by atoms with van der Waals surface area (Å²) in [4.78, 5) is 11.6. The molecule has 0 saturated heterocycles. The van der Waals surface area contributed by atoms with Crippen LogP contribution in [0, 0.1) is 0 Å². The first-order valence-electron chi connectivity index (χ1n) is 4.52. The topological polar surface area (TPSA) is 78.3 Å². The molecule has 0 aliphatic carbocycles. The molecule has 0 heterocycles. The zero-order valence-electron chi connectivity index (χ0n) is 8.43. The second kappa shape index (κ2) is 6.11. The number of rotatable bonds is 5. The van der Waals surface area contributed by atoms with Gasteiger partial charge in [0.15, 0.2) is 5.54 Å².